The van der Waals surface area contributed by atoms with Gasteiger partial charge in [-0.05, 0) is 74.2 Å². The van der Waals surface area contributed by atoms with Gasteiger partial charge in [0.25, 0.3) is 0 Å². The van der Waals surface area contributed by atoms with Gasteiger partial charge in [-0.15, -0.1) is 0 Å². The number of hydrogen-bond acceptors (Lipinski definition) is 8. The first-order valence-electron chi connectivity index (χ1n) is 15.9. The quantitative estimate of drug-likeness (QED) is 0.172. The monoisotopic (exact) mass is 595 g/mol. The van der Waals surface area contributed by atoms with E-state index in [1.807, 2.05) is 0 Å². The third-order valence-corrected chi connectivity index (χ3v) is 16.0. The topological polar surface area (TPSA) is 83.5 Å². The third kappa shape index (κ3) is 5.91. The predicted octanol–water partition coefficient (Wildman–Crippen LogP) is 5.85. The van der Waals surface area contributed by atoms with Gasteiger partial charge < -0.3 is 27.7 Å². The van der Waals surface area contributed by atoms with Crippen LogP contribution in [-0.4, -0.2) is 78.8 Å². The molecular weight excluding hydrogens is 538 g/mol. The van der Waals surface area contributed by atoms with Gasteiger partial charge in [-0.2, -0.15) is 0 Å². The molecule has 6 atom stereocenters. The van der Waals surface area contributed by atoms with Crippen LogP contribution in [-0.2, 0) is 32.3 Å². The average molecular weight is 596 g/mol. The molecule has 8 nitrogen and oxygen atoms in total. The van der Waals surface area contributed by atoms with Crippen LogP contribution in [0.3, 0.4) is 0 Å². The summed E-state index contributed by atoms with van der Waals surface area (Å²) in [4.78, 5) is 28.3. The van der Waals surface area contributed by atoms with Crippen molar-refractivity contribution in [3.05, 3.63) is 0 Å². The Morgan fingerprint density at radius 2 is 1.12 bits per heavy atom. The second-order valence-corrected chi connectivity index (χ2v) is 18.0. The highest BCUT2D eigenvalue weighted by atomic mass is 28.4. The molecule has 6 unspecified atom stereocenters. The Hall–Kier alpha value is -1.00. The van der Waals surface area contributed by atoms with Gasteiger partial charge in [0.15, 0.2) is 0 Å². The Morgan fingerprint density at radius 1 is 0.707 bits per heavy atom. The summed E-state index contributed by atoms with van der Waals surface area (Å²) < 4.78 is 29.0. The molecule has 4 rings (SSSR count). The SMILES string of the molecule is CO[Si](CCCN(CCC(=O)OC1CC2CCC1(C)C2(C)C)CCC(=O)OC1CC2CCC1(C)C2(C)C)(OC)OC. The molecular formula is C32H57NO7Si. The Morgan fingerprint density at radius 3 is 1.44 bits per heavy atom. The molecule has 4 aliphatic rings. The number of carbonyl (C=O) groups is 2. The fraction of sp³-hybridized carbons (Fsp3) is 0.938. The van der Waals surface area contributed by atoms with Crippen molar-refractivity contribution in [3.8, 4) is 0 Å². The fourth-order valence-corrected chi connectivity index (χ4v) is 10.7. The molecule has 236 valence electrons. The predicted molar refractivity (Wildman–Crippen MR) is 160 cm³/mol. The Bertz CT molecular complexity index is 882. The number of ether oxygens (including phenoxy) is 2. The van der Waals surface area contributed by atoms with Crippen LogP contribution in [0.25, 0.3) is 0 Å². The first-order chi connectivity index (χ1) is 19.2. The third-order valence-electron chi connectivity index (χ3n) is 13.1. The summed E-state index contributed by atoms with van der Waals surface area (Å²) in [6, 6.07) is 0.662. The van der Waals surface area contributed by atoms with E-state index in [2.05, 4.69) is 46.4 Å². The normalized spacial score (nSPS) is 34.9. The summed E-state index contributed by atoms with van der Waals surface area (Å²) in [5.41, 5.74) is 0.512. The van der Waals surface area contributed by atoms with Gasteiger partial charge in [0.05, 0.1) is 12.8 Å². The van der Waals surface area contributed by atoms with E-state index in [9.17, 15) is 9.59 Å². The molecule has 4 bridgehead atoms. The zero-order valence-corrected chi connectivity index (χ0v) is 28.3. The van der Waals surface area contributed by atoms with Crippen LogP contribution in [0.15, 0.2) is 0 Å². The fourth-order valence-electron chi connectivity index (χ4n) is 8.96. The van der Waals surface area contributed by atoms with Crippen LogP contribution in [0.5, 0.6) is 0 Å². The molecule has 0 aromatic carbocycles. The van der Waals surface area contributed by atoms with Gasteiger partial charge >= 0.3 is 20.7 Å². The summed E-state index contributed by atoms with van der Waals surface area (Å²) in [6.45, 7) is 15.7. The lowest BCUT2D eigenvalue weighted by Crippen LogP contribution is -2.43. The molecule has 9 heteroatoms. The van der Waals surface area contributed by atoms with Crippen molar-refractivity contribution in [2.24, 2.45) is 33.5 Å². The Kier molecular flexibility index (Phi) is 9.77. The van der Waals surface area contributed by atoms with Crippen molar-refractivity contribution in [2.75, 3.05) is 41.0 Å². The number of esters is 2. The first-order valence-corrected chi connectivity index (χ1v) is 17.9. The molecule has 0 saturated heterocycles. The van der Waals surface area contributed by atoms with Gasteiger partial charge in [0, 0.05) is 51.3 Å². The van der Waals surface area contributed by atoms with E-state index in [1.165, 1.54) is 12.8 Å². The van der Waals surface area contributed by atoms with Crippen LogP contribution in [0.4, 0.5) is 0 Å². The second-order valence-electron chi connectivity index (χ2n) is 14.9. The molecule has 0 aliphatic heterocycles. The van der Waals surface area contributed by atoms with Crippen molar-refractivity contribution in [1.29, 1.82) is 0 Å². The van der Waals surface area contributed by atoms with E-state index in [4.69, 9.17) is 22.8 Å². The lowest BCUT2D eigenvalue weighted by atomic mass is 9.70. The highest BCUT2D eigenvalue weighted by Crippen LogP contribution is 2.67. The average Bonchev–Trinajstić information content (AvgIpc) is 3.45. The van der Waals surface area contributed by atoms with Crippen molar-refractivity contribution in [3.63, 3.8) is 0 Å². The molecule has 41 heavy (non-hydrogen) atoms. The zero-order valence-electron chi connectivity index (χ0n) is 27.3. The summed E-state index contributed by atoms with van der Waals surface area (Å²) in [7, 11) is 2.18. The summed E-state index contributed by atoms with van der Waals surface area (Å²) in [6.07, 6.45) is 8.05. The number of hydrogen-bond donors (Lipinski definition) is 0. The highest BCUT2D eigenvalue weighted by Gasteiger charge is 2.63. The van der Waals surface area contributed by atoms with Crippen LogP contribution < -0.4 is 0 Å². The van der Waals surface area contributed by atoms with E-state index in [-0.39, 0.29) is 45.8 Å². The van der Waals surface area contributed by atoms with E-state index in [1.54, 1.807) is 21.3 Å². The molecule has 0 aromatic heterocycles. The van der Waals surface area contributed by atoms with Gasteiger partial charge in [0.1, 0.15) is 12.2 Å². The largest absolute Gasteiger partial charge is 0.500 e. The number of carbonyl (C=O) groups excluding carboxylic acids is 2. The molecule has 0 radical (unpaired) electrons. The molecule has 0 spiro atoms. The minimum absolute atomic E-state index is 0.00346. The lowest BCUT2D eigenvalue weighted by Gasteiger charge is -2.38. The second kappa shape index (κ2) is 12.2. The van der Waals surface area contributed by atoms with Crippen LogP contribution in [0.2, 0.25) is 6.04 Å². The summed E-state index contributed by atoms with van der Waals surface area (Å²) >= 11 is 0. The van der Waals surface area contributed by atoms with Crippen molar-refractivity contribution in [2.45, 2.75) is 118 Å². The summed E-state index contributed by atoms with van der Waals surface area (Å²) in [5.74, 6) is 0.974. The molecule has 4 saturated carbocycles. The molecule has 0 N–H and O–H groups in total. The molecule has 4 fully saturated rings. The van der Waals surface area contributed by atoms with Gasteiger partial charge in [-0.25, -0.2) is 0 Å². The molecule has 4 aliphatic carbocycles. The maximum Gasteiger partial charge on any atom is 0.500 e. The minimum atomic E-state index is -2.69. The smallest absolute Gasteiger partial charge is 0.462 e. The van der Waals surface area contributed by atoms with Gasteiger partial charge in [0.2, 0.25) is 0 Å². The Labute approximate surface area is 249 Å². The van der Waals surface area contributed by atoms with Crippen LogP contribution in [0.1, 0.15) is 99.3 Å². The maximum atomic E-state index is 13.0. The maximum absolute atomic E-state index is 13.0. The number of nitrogens with zero attached hydrogens (tertiary/aromatic N) is 1. The van der Waals surface area contributed by atoms with E-state index < -0.39 is 8.80 Å². The minimum Gasteiger partial charge on any atom is -0.462 e. The highest BCUT2D eigenvalue weighted by molar-refractivity contribution is 6.60. The molecule has 0 amide bonds. The standard InChI is InChI=1S/C32H57NO7Si/c1-29(2)23-11-15-31(29,5)25(21-23)39-27(34)13-18-33(17-10-20-41(36-7,37-8)38-9)19-14-28(35)40-26-22-24-12-16-32(26,6)30(24,3)4/h23-26H,10-22H2,1-9H3. The molecule has 0 heterocycles. The van der Waals surface area contributed by atoms with Crippen LogP contribution >= 0.6 is 0 Å². The van der Waals surface area contributed by atoms with E-state index in [0.29, 0.717) is 50.4 Å². The van der Waals surface area contributed by atoms with E-state index in [0.717, 1.165) is 32.1 Å². The van der Waals surface area contributed by atoms with Crippen LogP contribution in [0, 0.1) is 33.5 Å². The first kappa shape index (κ1) is 32.9. The van der Waals surface area contributed by atoms with Crippen molar-refractivity contribution >= 4 is 20.7 Å². The van der Waals surface area contributed by atoms with Crippen molar-refractivity contribution in [1.82, 2.24) is 4.90 Å². The number of rotatable bonds is 15. The van der Waals surface area contributed by atoms with Gasteiger partial charge in [-0.3, -0.25) is 9.59 Å². The number of fused-ring (bicyclic) bond motifs is 4. The van der Waals surface area contributed by atoms with Crippen molar-refractivity contribution < 1.29 is 32.3 Å². The van der Waals surface area contributed by atoms with E-state index >= 15 is 0 Å². The molecule has 0 aromatic rings. The summed E-state index contributed by atoms with van der Waals surface area (Å²) in [5, 5.41) is 0. The lowest BCUT2D eigenvalue weighted by molar-refractivity contribution is -0.157. The van der Waals surface area contributed by atoms with Gasteiger partial charge in [-0.1, -0.05) is 41.5 Å². The Balaban J connectivity index is 1.31. The zero-order chi connectivity index (χ0) is 30.3.